The average molecular weight is 252 g/mol. The molecule has 104 valence electrons. The van der Waals surface area contributed by atoms with Crippen molar-refractivity contribution in [2.24, 2.45) is 23.5 Å². The molecule has 0 aliphatic heterocycles. The van der Waals surface area contributed by atoms with Gasteiger partial charge in [0, 0.05) is 18.5 Å². The van der Waals surface area contributed by atoms with E-state index in [-0.39, 0.29) is 17.9 Å². The van der Waals surface area contributed by atoms with Gasteiger partial charge in [0.25, 0.3) is 0 Å². The van der Waals surface area contributed by atoms with Crippen LogP contribution in [0.5, 0.6) is 0 Å². The molecule has 0 saturated heterocycles. The van der Waals surface area contributed by atoms with Gasteiger partial charge >= 0.3 is 0 Å². The Labute approximate surface area is 111 Å². The lowest BCUT2D eigenvalue weighted by Gasteiger charge is -2.32. The molecule has 0 heterocycles. The SMILES string of the molecule is CC1C(N)CCCC1C(=O)NCCC1CCCC1. The third-order valence-electron chi connectivity index (χ3n) is 5.03. The summed E-state index contributed by atoms with van der Waals surface area (Å²) in [5, 5.41) is 3.14. The van der Waals surface area contributed by atoms with E-state index in [1.807, 2.05) is 0 Å². The summed E-state index contributed by atoms with van der Waals surface area (Å²) >= 11 is 0. The smallest absolute Gasteiger partial charge is 0.223 e. The summed E-state index contributed by atoms with van der Waals surface area (Å²) in [6.45, 7) is 2.99. The predicted molar refractivity (Wildman–Crippen MR) is 74.1 cm³/mol. The molecule has 0 aromatic heterocycles. The molecular formula is C15H28N2O. The first-order valence-electron chi connectivity index (χ1n) is 7.71. The number of nitrogens with one attached hydrogen (secondary N) is 1. The van der Waals surface area contributed by atoms with Crippen molar-refractivity contribution in [3.8, 4) is 0 Å². The Bertz CT molecular complexity index is 274. The highest BCUT2D eigenvalue weighted by Gasteiger charge is 2.32. The molecule has 0 spiro atoms. The topological polar surface area (TPSA) is 55.1 Å². The van der Waals surface area contributed by atoms with E-state index >= 15 is 0 Å². The fraction of sp³-hybridized carbons (Fsp3) is 0.933. The van der Waals surface area contributed by atoms with Crippen LogP contribution in [0.1, 0.15) is 58.3 Å². The van der Waals surface area contributed by atoms with Crippen molar-refractivity contribution in [2.75, 3.05) is 6.54 Å². The molecule has 3 unspecified atom stereocenters. The largest absolute Gasteiger partial charge is 0.356 e. The van der Waals surface area contributed by atoms with Crippen molar-refractivity contribution < 1.29 is 4.79 Å². The highest BCUT2D eigenvalue weighted by atomic mass is 16.1. The molecule has 2 saturated carbocycles. The summed E-state index contributed by atoms with van der Waals surface area (Å²) in [5.41, 5.74) is 6.05. The minimum atomic E-state index is 0.150. The van der Waals surface area contributed by atoms with Crippen LogP contribution in [0.25, 0.3) is 0 Å². The lowest BCUT2D eigenvalue weighted by atomic mass is 9.77. The van der Waals surface area contributed by atoms with Crippen molar-refractivity contribution >= 4 is 5.91 Å². The van der Waals surface area contributed by atoms with E-state index in [0.29, 0.717) is 5.92 Å². The standard InChI is InChI=1S/C15H28N2O/c1-11-13(7-4-8-14(11)16)15(18)17-10-9-12-5-2-3-6-12/h11-14H,2-10,16H2,1H3,(H,17,18). The highest BCUT2D eigenvalue weighted by Crippen LogP contribution is 2.29. The van der Waals surface area contributed by atoms with Gasteiger partial charge < -0.3 is 11.1 Å². The van der Waals surface area contributed by atoms with Gasteiger partial charge in [-0.15, -0.1) is 0 Å². The van der Waals surface area contributed by atoms with Crippen LogP contribution in [0.2, 0.25) is 0 Å². The predicted octanol–water partition coefficient (Wildman–Crippen LogP) is 2.45. The maximum absolute atomic E-state index is 12.2. The zero-order valence-electron chi connectivity index (χ0n) is 11.7. The number of carbonyl (C=O) groups is 1. The first kappa shape index (κ1) is 13.9. The van der Waals surface area contributed by atoms with Crippen LogP contribution in [0.3, 0.4) is 0 Å². The Kier molecular flexibility index (Phi) is 5.04. The Balaban J connectivity index is 1.70. The second-order valence-electron chi connectivity index (χ2n) is 6.29. The van der Waals surface area contributed by atoms with Gasteiger partial charge in [-0.3, -0.25) is 4.79 Å². The molecule has 0 aromatic rings. The van der Waals surface area contributed by atoms with Crippen molar-refractivity contribution in [3.63, 3.8) is 0 Å². The van der Waals surface area contributed by atoms with Crippen molar-refractivity contribution in [2.45, 2.75) is 64.3 Å². The maximum atomic E-state index is 12.2. The van der Waals surface area contributed by atoms with Crippen LogP contribution in [0.4, 0.5) is 0 Å². The van der Waals surface area contributed by atoms with E-state index in [4.69, 9.17) is 5.73 Å². The lowest BCUT2D eigenvalue weighted by Crippen LogP contribution is -2.44. The maximum Gasteiger partial charge on any atom is 0.223 e. The molecule has 2 aliphatic rings. The molecular weight excluding hydrogens is 224 g/mol. The Morgan fingerprint density at radius 3 is 2.61 bits per heavy atom. The monoisotopic (exact) mass is 252 g/mol. The van der Waals surface area contributed by atoms with Crippen LogP contribution in [-0.2, 0) is 4.79 Å². The molecule has 0 aromatic carbocycles. The van der Waals surface area contributed by atoms with E-state index in [9.17, 15) is 4.79 Å². The van der Waals surface area contributed by atoms with Crippen LogP contribution in [0.15, 0.2) is 0 Å². The number of hydrogen-bond donors (Lipinski definition) is 2. The Hall–Kier alpha value is -0.570. The van der Waals surface area contributed by atoms with Gasteiger partial charge in [0.05, 0.1) is 0 Å². The quantitative estimate of drug-likeness (QED) is 0.807. The number of hydrogen-bond acceptors (Lipinski definition) is 2. The van der Waals surface area contributed by atoms with Gasteiger partial charge in [0.1, 0.15) is 0 Å². The molecule has 3 atom stereocenters. The molecule has 0 bridgehead atoms. The van der Waals surface area contributed by atoms with Gasteiger partial charge in [-0.25, -0.2) is 0 Å². The summed E-state index contributed by atoms with van der Waals surface area (Å²) < 4.78 is 0. The fourth-order valence-electron chi connectivity index (χ4n) is 3.60. The van der Waals surface area contributed by atoms with Crippen molar-refractivity contribution in [1.82, 2.24) is 5.32 Å². The first-order chi connectivity index (χ1) is 8.68. The minimum Gasteiger partial charge on any atom is -0.356 e. The van der Waals surface area contributed by atoms with Gasteiger partial charge in [0.15, 0.2) is 0 Å². The number of amides is 1. The molecule has 3 heteroatoms. The van der Waals surface area contributed by atoms with Crippen molar-refractivity contribution in [1.29, 1.82) is 0 Å². The molecule has 3 N–H and O–H groups in total. The number of nitrogens with two attached hydrogens (primary N) is 1. The summed E-state index contributed by atoms with van der Waals surface area (Å²) in [5.74, 6) is 1.59. The van der Waals surface area contributed by atoms with Crippen LogP contribution < -0.4 is 11.1 Å². The second-order valence-corrected chi connectivity index (χ2v) is 6.29. The molecule has 2 aliphatic carbocycles. The third-order valence-corrected chi connectivity index (χ3v) is 5.03. The van der Waals surface area contributed by atoms with Gasteiger partial charge in [-0.05, 0) is 31.1 Å². The minimum absolute atomic E-state index is 0.150. The molecule has 2 fully saturated rings. The first-order valence-corrected chi connectivity index (χ1v) is 7.71. The van der Waals surface area contributed by atoms with Crippen LogP contribution in [-0.4, -0.2) is 18.5 Å². The summed E-state index contributed by atoms with van der Waals surface area (Å²) in [7, 11) is 0. The molecule has 1 amide bonds. The highest BCUT2D eigenvalue weighted by molar-refractivity contribution is 5.79. The zero-order valence-corrected chi connectivity index (χ0v) is 11.7. The van der Waals surface area contributed by atoms with Crippen LogP contribution in [0, 0.1) is 17.8 Å². The van der Waals surface area contributed by atoms with Crippen LogP contribution >= 0.6 is 0 Å². The Morgan fingerprint density at radius 2 is 1.89 bits per heavy atom. The lowest BCUT2D eigenvalue weighted by molar-refractivity contribution is -0.127. The van der Waals surface area contributed by atoms with Crippen molar-refractivity contribution in [3.05, 3.63) is 0 Å². The summed E-state index contributed by atoms with van der Waals surface area (Å²) in [4.78, 5) is 12.2. The van der Waals surface area contributed by atoms with E-state index in [1.165, 1.54) is 32.1 Å². The normalized spacial score (nSPS) is 33.6. The molecule has 18 heavy (non-hydrogen) atoms. The van der Waals surface area contributed by atoms with E-state index in [0.717, 1.165) is 31.7 Å². The third kappa shape index (κ3) is 3.47. The number of carbonyl (C=O) groups excluding carboxylic acids is 1. The zero-order chi connectivity index (χ0) is 13.0. The fourth-order valence-corrected chi connectivity index (χ4v) is 3.60. The van der Waals surface area contributed by atoms with E-state index in [2.05, 4.69) is 12.2 Å². The number of rotatable bonds is 4. The molecule has 2 rings (SSSR count). The van der Waals surface area contributed by atoms with Gasteiger partial charge in [0.2, 0.25) is 5.91 Å². The van der Waals surface area contributed by atoms with Gasteiger partial charge in [-0.2, -0.15) is 0 Å². The average Bonchev–Trinajstić information content (AvgIpc) is 2.85. The summed E-state index contributed by atoms with van der Waals surface area (Å²) in [6.07, 6.45) is 9.85. The second kappa shape index (κ2) is 6.55. The molecule has 0 radical (unpaired) electrons. The van der Waals surface area contributed by atoms with E-state index in [1.54, 1.807) is 0 Å². The van der Waals surface area contributed by atoms with E-state index < -0.39 is 0 Å². The Morgan fingerprint density at radius 1 is 1.17 bits per heavy atom. The van der Waals surface area contributed by atoms with Gasteiger partial charge in [-0.1, -0.05) is 39.0 Å². The molecule has 3 nitrogen and oxygen atoms in total. The summed E-state index contributed by atoms with van der Waals surface area (Å²) in [6, 6.07) is 0.212.